The Hall–Kier alpha value is -1.38. The van der Waals surface area contributed by atoms with E-state index < -0.39 is 6.43 Å². The van der Waals surface area contributed by atoms with Gasteiger partial charge in [0, 0.05) is 38.1 Å². The van der Waals surface area contributed by atoms with E-state index in [1.54, 1.807) is 0 Å². The van der Waals surface area contributed by atoms with Gasteiger partial charge in [0.15, 0.2) is 0 Å². The Morgan fingerprint density at radius 1 is 1.46 bits per heavy atom. The lowest BCUT2D eigenvalue weighted by atomic mass is 9.97. The molecule has 3 aliphatic rings. The highest BCUT2D eigenvalue weighted by atomic mass is 19.3. The van der Waals surface area contributed by atoms with Crippen LogP contribution in [0.25, 0.3) is 0 Å². The minimum absolute atomic E-state index is 0.0412. The van der Waals surface area contributed by atoms with E-state index in [0.717, 1.165) is 32.5 Å². The summed E-state index contributed by atoms with van der Waals surface area (Å²) in [7, 11) is 0. The number of nitrogens with one attached hydrogen (secondary N) is 2. The molecule has 2 N–H and O–H groups in total. The fourth-order valence-electron chi connectivity index (χ4n) is 3.88. The molecule has 2 saturated heterocycles. The molecule has 0 aromatic heterocycles. The first-order chi connectivity index (χ1) is 11.6. The van der Waals surface area contributed by atoms with Crippen LogP contribution in [-0.4, -0.2) is 72.9 Å². The van der Waals surface area contributed by atoms with Crippen LogP contribution in [-0.2, 0) is 4.79 Å². The third-order valence-corrected chi connectivity index (χ3v) is 5.09. The van der Waals surface area contributed by atoms with Gasteiger partial charge in [-0.3, -0.25) is 20.1 Å². The predicted molar refractivity (Wildman–Crippen MR) is 87.8 cm³/mol. The summed E-state index contributed by atoms with van der Waals surface area (Å²) in [6.45, 7) is 7.14. The zero-order chi connectivity index (χ0) is 17.1. The number of carbonyl (C=O) groups excluding carboxylic acids is 1. The van der Waals surface area contributed by atoms with Crippen LogP contribution in [0.2, 0.25) is 0 Å². The van der Waals surface area contributed by atoms with E-state index in [1.807, 2.05) is 0 Å². The summed E-state index contributed by atoms with van der Waals surface area (Å²) in [5.41, 5.74) is 3.43. The maximum atomic E-state index is 12.8. The highest BCUT2D eigenvalue weighted by Gasteiger charge is 2.41. The molecule has 0 aliphatic carbocycles. The topological polar surface area (TPSA) is 60.0 Å². The molecule has 24 heavy (non-hydrogen) atoms. The van der Waals surface area contributed by atoms with E-state index in [1.165, 1.54) is 6.08 Å². The number of amides is 1. The van der Waals surface area contributed by atoms with E-state index in [9.17, 15) is 13.6 Å². The molecular formula is C16H25F2N5O. The van der Waals surface area contributed by atoms with Gasteiger partial charge < -0.3 is 5.32 Å². The molecule has 0 aromatic rings. The predicted octanol–water partition coefficient (Wildman–Crippen LogP) is 0.625. The number of alkyl halides is 2. The summed E-state index contributed by atoms with van der Waals surface area (Å²) >= 11 is 0. The summed E-state index contributed by atoms with van der Waals surface area (Å²) in [6, 6.07) is 0.192. The van der Waals surface area contributed by atoms with Crippen LogP contribution in [0.4, 0.5) is 8.78 Å². The summed E-state index contributed by atoms with van der Waals surface area (Å²) < 4.78 is 25.5. The van der Waals surface area contributed by atoms with Crippen LogP contribution in [0.1, 0.15) is 19.3 Å². The van der Waals surface area contributed by atoms with Crippen LogP contribution < -0.4 is 10.7 Å². The second-order valence-electron chi connectivity index (χ2n) is 6.67. The van der Waals surface area contributed by atoms with Gasteiger partial charge in [0.1, 0.15) is 0 Å². The van der Waals surface area contributed by atoms with Crippen LogP contribution in [0.5, 0.6) is 0 Å². The van der Waals surface area contributed by atoms with Gasteiger partial charge in [0.05, 0.1) is 18.4 Å². The van der Waals surface area contributed by atoms with Crippen molar-refractivity contribution in [3.8, 4) is 0 Å². The van der Waals surface area contributed by atoms with E-state index in [4.69, 9.17) is 0 Å². The van der Waals surface area contributed by atoms with Gasteiger partial charge in [-0.25, -0.2) is 13.8 Å². The van der Waals surface area contributed by atoms with Crippen molar-refractivity contribution >= 4 is 11.6 Å². The number of rotatable bonds is 5. The number of hydrazine groups is 1. The minimum Gasteiger partial charge on any atom is -0.352 e. The van der Waals surface area contributed by atoms with Gasteiger partial charge in [-0.1, -0.05) is 6.58 Å². The molecule has 2 fully saturated rings. The van der Waals surface area contributed by atoms with Gasteiger partial charge in [0.25, 0.3) is 6.43 Å². The van der Waals surface area contributed by atoms with E-state index in [2.05, 4.69) is 32.2 Å². The molecule has 0 spiro atoms. The first-order valence-electron chi connectivity index (χ1n) is 8.56. The molecule has 3 unspecified atom stereocenters. The highest BCUT2D eigenvalue weighted by molar-refractivity contribution is 5.88. The molecule has 0 radical (unpaired) electrons. The Labute approximate surface area is 140 Å². The Balaban J connectivity index is 1.64. The normalized spacial score (nSPS) is 31.6. The van der Waals surface area contributed by atoms with Crippen molar-refractivity contribution in [1.29, 1.82) is 0 Å². The van der Waals surface area contributed by atoms with Crippen molar-refractivity contribution in [3.05, 3.63) is 12.7 Å². The second-order valence-corrected chi connectivity index (χ2v) is 6.67. The molecule has 3 aliphatic heterocycles. The first-order valence-corrected chi connectivity index (χ1v) is 8.56. The molecule has 1 amide bonds. The number of halogens is 2. The van der Waals surface area contributed by atoms with Gasteiger partial charge in [-0.05, 0) is 25.3 Å². The molecule has 6 nitrogen and oxygen atoms in total. The van der Waals surface area contributed by atoms with Crippen molar-refractivity contribution in [3.63, 3.8) is 0 Å². The number of hydrogen-bond donors (Lipinski definition) is 2. The molecule has 3 heterocycles. The molecule has 8 heteroatoms. The quantitative estimate of drug-likeness (QED) is 0.720. The largest absolute Gasteiger partial charge is 0.352 e. The van der Waals surface area contributed by atoms with E-state index in [0.29, 0.717) is 25.7 Å². The first kappa shape index (κ1) is 17.4. The number of hydrogen-bond acceptors (Lipinski definition) is 5. The average Bonchev–Trinajstić information content (AvgIpc) is 3.07. The SMILES string of the molecule is C=CC(=O)NCC1CN2NCCC2N(C2CCC(C(F)F)=NC2)C1. The van der Waals surface area contributed by atoms with Crippen LogP contribution in [0.15, 0.2) is 17.6 Å². The molecule has 0 bridgehead atoms. The van der Waals surface area contributed by atoms with Crippen molar-refractivity contribution in [2.75, 3.05) is 32.7 Å². The maximum Gasteiger partial charge on any atom is 0.276 e. The fourth-order valence-corrected chi connectivity index (χ4v) is 3.88. The number of nitrogens with zero attached hydrogens (tertiary/aromatic N) is 3. The lowest BCUT2D eigenvalue weighted by Gasteiger charge is -2.47. The monoisotopic (exact) mass is 341 g/mol. The smallest absolute Gasteiger partial charge is 0.276 e. The van der Waals surface area contributed by atoms with Crippen LogP contribution in [0.3, 0.4) is 0 Å². The van der Waals surface area contributed by atoms with Crippen LogP contribution >= 0.6 is 0 Å². The third-order valence-electron chi connectivity index (χ3n) is 5.09. The number of carbonyl (C=O) groups is 1. The Kier molecular flexibility index (Phi) is 5.57. The minimum atomic E-state index is -2.43. The summed E-state index contributed by atoms with van der Waals surface area (Å²) in [4.78, 5) is 17.9. The van der Waals surface area contributed by atoms with E-state index >= 15 is 0 Å². The molecular weight excluding hydrogens is 316 g/mol. The zero-order valence-corrected chi connectivity index (χ0v) is 13.8. The Morgan fingerprint density at radius 3 is 2.96 bits per heavy atom. The lowest BCUT2D eigenvalue weighted by molar-refractivity contribution is -0.117. The molecule has 3 rings (SSSR count). The summed E-state index contributed by atoms with van der Waals surface area (Å²) in [5.74, 6) is 0.123. The summed E-state index contributed by atoms with van der Waals surface area (Å²) in [6.07, 6.45) is 1.26. The molecule has 0 saturated carbocycles. The van der Waals surface area contributed by atoms with E-state index in [-0.39, 0.29) is 23.6 Å². The van der Waals surface area contributed by atoms with Gasteiger partial charge in [-0.2, -0.15) is 0 Å². The van der Waals surface area contributed by atoms with Gasteiger partial charge in [0.2, 0.25) is 5.91 Å². The van der Waals surface area contributed by atoms with Crippen molar-refractivity contribution in [2.45, 2.75) is 37.9 Å². The highest BCUT2D eigenvalue weighted by Crippen LogP contribution is 2.28. The standard InChI is InChI=1S/C16H25F2N5O/c1-2-14(24)20-7-11-9-22(15-5-6-21-23(15)10-11)12-3-4-13(16(17)18)19-8-12/h2,11-12,15-16,21H,1,3-10H2,(H,20,24). The van der Waals surface area contributed by atoms with Crippen molar-refractivity contribution in [2.24, 2.45) is 10.9 Å². The number of fused-ring (bicyclic) bond motifs is 1. The Morgan fingerprint density at radius 2 is 2.29 bits per heavy atom. The Bertz CT molecular complexity index is 513. The maximum absolute atomic E-state index is 12.8. The molecule has 134 valence electrons. The average molecular weight is 341 g/mol. The number of aliphatic imine (C=N–C) groups is 1. The molecule has 3 atom stereocenters. The van der Waals surface area contributed by atoms with Gasteiger partial charge in [-0.15, -0.1) is 0 Å². The van der Waals surface area contributed by atoms with Crippen molar-refractivity contribution in [1.82, 2.24) is 20.7 Å². The second kappa shape index (κ2) is 7.67. The zero-order valence-electron chi connectivity index (χ0n) is 13.8. The summed E-state index contributed by atoms with van der Waals surface area (Å²) in [5, 5.41) is 5.09. The van der Waals surface area contributed by atoms with Gasteiger partial charge >= 0.3 is 0 Å². The van der Waals surface area contributed by atoms with Crippen LogP contribution in [0, 0.1) is 5.92 Å². The lowest BCUT2D eigenvalue weighted by Crippen LogP contribution is -2.62. The third kappa shape index (κ3) is 3.81. The fraction of sp³-hybridized carbons (Fsp3) is 0.750. The van der Waals surface area contributed by atoms with Crippen molar-refractivity contribution < 1.29 is 13.6 Å². The molecule has 0 aromatic carbocycles.